The van der Waals surface area contributed by atoms with E-state index in [1.54, 1.807) is 41.5 Å². The molecule has 0 radical (unpaired) electrons. The number of aromatic nitrogens is 2. The molecule has 27 nitrogen and oxygen atoms in total. The fourth-order valence-electron chi connectivity index (χ4n) is 11.6. The number of carboxylic acid groups (broad SMARTS) is 1. The highest BCUT2D eigenvalue weighted by atomic mass is 16.4. The largest absolute Gasteiger partial charge is 0.478 e. The third-order valence-electron chi connectivity index (χ3n) is 17.2. The molecule has 1 saturated heterocycles. The number of H-pyrrole nitrogens is 1. The molecule has 27 heteroatoms. The maximum atomic E-state index is 15.2. The number of fused-ring (bicyclic) bond motifs is 1. The average Bonchev–Trinajstić information content (AvgIpc) is 1.71. The van der Waals surface area contributed by atoms with Gasteiger partial charge in [0.1, 0.15) is 66.2 Å². The van der Waals surface area contributed by atoms with Crippen LogP contribution in [0.4, 0.5) is 0 Å². The molecule has 0 unspecified atom stereocenters. The van der Waals surface area contributed by atoms with Crippen molar-refractivity contribution in [1.29, 1.82) is 0 Å². The number of aromatic carboxylic acids is 1. The number of aliphatic hydroxyl groups is 1. The smallest absolute Gasteiger partial charge is 0.335 e. The Labute approximate surface area is 549 Å². The van der Waals surface area contributed by atoms with E-state index in [0.29, 0.717) is 16.9 Å². The minimum atomic E-state index is -1.83. The molecule has 0 bridgehead atoms. The predicted molar refractivity (Wildman–Crippen MR) is 351 cm³/mol. The second-order valence-corrected chi connectivity index (χ2v) is 27.8. The van der Waals surface area contributed by atoms with E-state index in [1.807, 2.05) is 55.4 Å². The zero-order valence-corrected chi connectivity index (χ0v) is 59.0. The number of aromatic amines is 1. The zero-order valence-electron chi connectivity index (χ0n) is 59.0. The molecule has 1 aromatic carbocycles. The lowest BCUT2D eigenvalue weighted by atomic mass is 9.92. The first-order chi connectivity index (χ1) is 43.1. The van der Waals surface area contributed by atoms with Crippen LogP contribution in [0.25, 0.3) is 11.0 Å². The quantitative estimate of drug-likeness (QED) is 0.120. The number of aliphatic hydroxyl groups excluding tert-OH is 1. The molecule has 2 aromatic rings. The molecule has 1 aromatic heterocycles. The number of nitrogens with zero attached hydrogens (tertiary/aromatic N) is 7. The number of imidazole rings is 1. The molecule has 0 saturated carbocycles. The minimum Gasteiger partial charge on any atom is -0.478 e. The molecule has 1 aliphatic heterocycles. The Morgan fingerprint density at radius 3 is 1.48 bits per heavy atom. The molecular weight excluding hydrogens is 1200 g/mol. The maximum absolute atomic E-state index is 15.2. The predicted octanol–water partition coefficient (Wildman–Crippen LogP) is 2.78. The molecule has 11 amide bonds. The standard InChI is InChI=1S/C66H109N13O14/c1-23-43-62(88)74(17)32-51(80)75(18)46(26-33(2)3)58(84)72-52(37(10)11)65(91)76(19)47(27-34(4)5)57(83)67-40(15)56(82)68-41(16)61(87)77(20)48(28-35(6)7)63(89)78(21)49(29-36(8)9)64(90)79(22)54(38(12)13)60(86)73-53(59(85)71-43)55(81)39(14)30-50-69-44-25-24-42(66(92)93)31-45(44)70-50/h24-25,31,33-41,43,46-49,52-55,81H,23,26-30,32H2,1-22H3,(H,67,83)(H,68,82)(H,69,70)(H,71,85)(H,72,84)(H,73,86)(H,92,93)/t39-,40+,41+,43+,46+,47+,48-,49+,52+,53+,54+,55-/m1/s1. The zero-order chi connectivity index (χ0) is 71.1. The molecule has 12 atom stereocenters. The van der Waals surface area contributed by atoms with Crippen LogP contribution >= 0.6 is 0 Å². The second-order valence-electron chi connectivity index (χ2n) is 27.8. The summed E-state index contributed by atoms with van der Waals surface area (Å²) in [5.74, 6) is -11.8. The summed E-state index contributed by atoms with van der Waals surface area (Å²) in [6.07, 6.45) is -1.34. The van der Waals surface area contributed by atoms with Crippen LogP contribution in [0, 0.1) is 41.4 Å². The lowest BCUT2D eigenvalue weighted by Gasteiger charge is -2.40. The van der Waals surface area contributed by atoms with Gasteiger partial charge in [0, 0.05) is 48.7 Å². The Kier molecular flexibility index (Phi) is 29.9. The van der Waals surface area contributed by atoms with Crippen molar-refractivity contribution in [3.05, 3.63) is 29.6 Å². The van der Waals surface area contributed by atoms with Crippen LogP contribution in [0.5, 0.6) is 0 Å². The van der Waals surface area contributed by atoms with Gasteiger partial charge < -0.3 is 71.2 Å². The number of carbonyl (C=O) groups is 12. The number of rotatable bonds is 16. The number of nitrogens with one attached hydrogen (secondary N) is 6. The molecule has 2 heterocycles. The van der Waals surface area contributed by atoms with E-state index in [-0.39, 0.29) is 67.8 Å². The summed E-state index contributed by atoms with van der Waals surface area (Å²) >= 11 is 0. The molecule has 522 valence electrons. The van der Waals surface area contributed by atoms with Gasteiger partial charge in [-0.25, -0.2) is 9.78 Å². The fourth-order valence-corrected chi connectivity index (χ4v) is 11.6. The number of benzene rings is 1. The Hall–Kier alpha value is -7.71. The van der Waals surface area contributed by atoms with Gasteiger partial charge in [0.05, 0.1) is 29.2 Å². The molecule has 1 fully saturated rings. The minimum absolute atomic E-state index is 0.00210. The molecule has 0 aliphatic carbocycles. The Balaban J connectivity index is 2.30. The van der Waals surface area contributed by atoms with Crippen molar-refractivity contribution in [1.82, 2.24) is 66.0 Å². The van der Waals surface area contributed by atoms with Crippen molar-refractivity contribution in [3.8, 4) is 0 Å². The molecule has 3 rings (SSSR count). The van der Waals surface area contributed by atoms with Crippen LogP contribution in [0.15, 0.2) is 18.2 Å². The van der Waals surface area contributed by atoms with Crippen LogP contribution in [-0.4, -0.2) is 236 Å². The van der Waals surface area contributed by atoms with Gasteiger partial charge in [0.2, 0.25) is 65.0 Å². The van der Waals surface area contributed by atoms with Crippen LogP contribution < -0.4 is 26.6 Å². The van der Waals surface area contributed by atoms with Crippen LogP contribution in [0.3, 0.4) is 0 Å². The average molecular weight is 1310 g/mol. The van der Waals surface area contributed by atoms with Gasteiger partial charge in [-0.05, 0) is 106 Å². The van der Waals surface area contributed by atoms with E-state index >= 15 is 14.4 Å². The van der Waals surface area contributed by atoms with Gasteiger partial charge in [-0.3, -0.25) is 52.7 Å². The monoisotopic (exact) mass is 1310 g/mol. The summed E-state index contributed by atoms with van der Waals surface area (Å²) < 4.78 is 0. The van der Waals surface area contributed by atoms with Crippen molar-refractivity contribution in [2.24, 2.45) is 41.4 Å². The second kappa shape index (κ2) is 35.0. The highest BCUT2D eigenvalue weighted by molar-refractivity contribution is 6.00. The Morgan fingerprint density at radius 1 is 0.527 bits per heavy atom. The van der Waals surface area contributed by atoms with Crippen molar-refractivity contribution in [3.63, 3.8) is 0 Å². The summed E-state index contributed by atoms with van der Waals surface area (Å²) in [5, 5.41) is 35.5. The van der Waals surface area contributed by atoms with Crippen LogP contribution in [0.1, 0.15) is 159 Å². The number of likely N-dealkylation sites (N-methyl/N-ethyl adjacent to an activating group) is 6. The van der Waals surface area contributed by atoms with Gasteiger partial charge in [-0.2, -0.15) is 0 Å². The summed E-state index contributed by atoms with van der Waals surface area (Å²) in [7, 11) is 8.38. The topological polar surface area (TPSA) is 354 Å². The number of carboxylic acids is 1. The molecular formula is C66H109N13O14. The van der Waals surface area contributed by atoms with Crippen LogP contribution in [0.2, 0.25) is 0 Å². The summed E-state index contributed by atoms with van der Waals surface area (Å²) in [4.78, 5) is 187. The van der Waals surface area contributed by atoms with E-state index in [4.69, 9.17) is 0 Å². The van der Waals surface area contributed by atoms with Gasteiger partial charge in [0.25, 0.3) is 0 Å². The summed E-state index contributed by atoms with van der Waals surface area (Å²) in [6, 6.07) is -8.71. The lowest BCUT2D eigenvalue weighted by molar-refractivity contribution is -0.154. The SMILES string of the molecule is CC[C@@H]1NC(=O)[C@H]([C@H](O)[C@H](C)Cc2nc3ccc(C(=O)O)cc3[nH]2)NC(=O)[C@H](C(C)C)N(C)C(=O)[C@H](CC(C)C)N(C)C(=O)[C@@H](CC(C)C)N(C)C(=O)[C@H](C)NC(=O)[C@H](C)NC(=O)[C@H](CC(C)C)N(C)C(=O)[C@H](C(C)C)NC(=O)[C@H](CC(C)C)N(C)C(=O)CN(C)C1=O. The third kappa shape index (κ3) is 21.4. The van der Waals surface area contributed by atoms with Crippen molar-refractivity contribution in [2.75, 3.05) is 48.8 Å². The number of hydrogen-bond donors (Lipinski definition) is 8. The first-order valence-electron chi connectivity index (χ1n) is 32.6. The summed E-state index contributed by atoms with van der Waals surface area (Å²) in [5.41, 5.74) is 0.810. The Bertz CT molecular complexity index is 2980. The molecule has 0 spiro atoms. The molecule has 93 heavy (non-hydrogen) atoms. The summed E-state index contributed by atoms with van der Waals surface area (Å²) in [6.45, 7) is 27.0. The molecule has 8 N–H and O–H groups in total. The van der Waals surface area contributed by atoms with Crippen LogP contribution in [-0.2, 0) is 59.2 Å². The van der Waals surface area contributed by atoms with E-state index in [0.717, 1.165) is 4.90 Å². The number of carbonyl (C=O) groups excluding carboxylic acids is 11. The van der Waals surface area contributed by atoms with E-state index in [1.165, 1.54) is 98.8 Å². The maximum Gasteiger partial charge on any atom is 0.335 e. The number of amides is 11. The van der Waals surface area contributed by atoms with Crippen molar-refractivity contribution < 1.29 is 67.7 Å². The third-order valence-corrected chi connectivity index (χ3v) is 17.2. The lowest BCUT2D eigenvalue weighted by Crippen LogP contribution is -2.63. The first kappa shape index (κ1) is 79.5. The fraction of sp³-hybridized carbons (Fsp3) is 0.712. The first-order valence-corrected chi connectivity index (χ1v) is 32.6. The Morgan fingerprint density at radius 2 is 0.989 bits per heavy atom. The number of hydrogen-bond acceptors (Lipinski definition) is 14. The highest BCUT2D eigenvalue weighted by Crippen LogP contribution is 2.25. The van der Waals surface area contributed by atoms with Gasteiger partial charge in [-0.1, -0.05) is 96.9 Å². The van der Waals surface area contributed by atoms with Crippen molar-refractivity contribution in [2.45, 2.75) is 216 Å². The van der Waals surface area contributed by atoms with E-state index < -0.39 is 162 Å². The van der Waals surface area contributed by atoms with Gasteiger partial charge in [0.15, 0.2) is 0 Å². The molecule has 1 aliphatic rings. The van der Waals surface area contributed by atoms with E-state index in [2.05, 4.69) is 36.6 Å². The highest BCUT2D eigenvalue weighted by Gasteiger charge is 2.44. The normalized spacial score (nSPS) is 25.4. The van der Waals surface area contributed by atoms with Gasteiger partial charge >= 0.3 is 5.97 Å². The van der Waals surface area contributed by atoms with Crippen molar-refractivity contribution >= 4 is 82.0 Å². The van der Waals surface area contributed by atoms with E-state index in [9.17, 15) is 53.4 Å². The van der Waals surface area contributed by atoms with Gasteiger partial charge in [-0.15, -0.1) is 0 Å².